The zero-order chi connectivity index (χ0) is 15.2. The predicted octanol–water partition coefficient (Wildman–Crippen LogP) is 3.77. The molecule has 0 atom stereocenters. The standard InChI is InChI=1S/C17H18ClNO2/c1-12-3-8-16(13(2)11-12)21-10-9-19-17(20)14-4-6-15(18)7-5-14/h3-8,11H,9-10H2,1-2H3,(H,19,20). The van der Waals surface area contributed by atoms with Crippen LogP contribution in [0.5, 0.6) is 5.75 Å². The lowest BCUT2D eigenvalue weighted by molar-refractivity contribution is 0.0947. The Morgan fingerprint density at radius 3 is 2.52 bits per heavy atom. The van der Waals surface area contributed by atoms with Gasteiger partial charge in [-0.1, -0.05) is 29.3 Å². The van der Waals surface area contributed by atoms with Crippen molar-refractivity contribution in [2.24, 2.45) is 0 Å². The second-order valence-corrected chi connectivity index (χ2v) is 5.32. The molecular formula is C17H18ClNO2. The SMILES string of the molecule is Cc1ccc(OCCNC(=O)c2ccc(Cl)cc2)c(C)c1. The van der Waals surface area contributed by atoms with Crippen LogP contribution in [0.25, 0.3) is 0 Å². The van der Waals surface area contributed by atoms with E-state index in [0.29, 0.717) is 23.7 Å². The van der Waals surface area contributed by atoms with Crippen molar-refractivity contribution in [3.05, 3.63) is 64.2 Å². The van der Waals surface area contributed by atoms with Gasteiger partial charge in [0.2, 0.25) is 0 Å². The third-order valence-electron chi connectivity index (χ3n) is 3.08. The molecule has 0 aliphatic carbocycles. The minimum Gasteiger partial charge on any atom is -0.491 e. The van der Waals surface area contributed by atoms with Crippen LogP contribution in [0, 0.1) is 13.8 Å². The van der Waals surface area contributed by atoms with Gasteiger partial charge in [-0.05, 0) is 49.7 Å². The number of ether oxygens (including phenoxy) is 1. The molecule has 0 spiro atoms. The van der Waals surface area contributed by atoms with Gasteiger partial charge in [0.05, 0.1) is 6.54 Å². The van der Waals surface area contributed by atoms with E-state index in [1.165, 1.54) is 5.56 Å². The Balaban J connectivity index is 1.79. The topological polar surface area (TPSA) is 38.3 Å². The van der Waals surface area contributed by atoms with Gasteiger partial charge in [-0.2, -0.15) is 0 Å². The van der Waals surface area contributed by atoms with Crippen molar-refractivity contribution >= 4 is 17.5 Å². The lowest BCUT2D eigenvalue weighted by Crippen LogP contribution is -2.28. The monoisotopic (exact) mass is 303 g/mol. The quantitative estimate of drug-likeness (QED) is 0.854. The van der Waals surface area contributed by atoms with Gasteiger partial charge in [0.25, 0.3) is 5.91 Å². The van der Waals surface area contributed by atoms with Crippen molar-refractivity contribution in [2.45, 2.75) is 13.8 Å². The number of amides is 1. The molecular weight excluding hydrogens is 286 g/mol. The van der Waals surface area contributed by atoms with E-state index >= 15 is 0 Å². The molecule has 0 aliphatic rings. The number of carbonyl (C=O) groups is 1. The van der Waals surface area contributed by atoms with E-state index in [-0.39, 0.29) is 5.91 Å². The Bertz CT molecular complexity index is 623. The molecule has 0 aromatic heterocycles. The summed E-state index contributed by atoms with van der Waals surface area (Å²) in [6, 6.07) is 12.8. The maximum Gasteiger partial charge on any atom is 0.251 e. The first-order chi connectivity index (χ1) is 10.1. The highest BCUT2D eigenvalue weighted by Crippen LogP contribution is 2.18. The molecule has 0 bridgehead atoms. The van der Waals surface area contributed by atoms with E-state index in [0.717, 1.165) is 11.3 Å². The summed E-state index contributed by atoms with van der Waals surface area (Å²) in [7, 11) is 0. The largest absolute Gasteiger partial charge is 0.491 e. The van der Waals surface area contributed by atoms with E-state index in [1.807, 2.05) is 26.0 Å². The summed E-state index contributed by atoms with van der Waals surface area (Å²) in [6.07, 6.45) is 0. The Morgan fingerprint density at radius 1 is 1.14 bits per heavy atom. The normalized spacial score (nSPS) is 10.2. The Kier molecular flexibility index (Phi) is 5.23. The first-order valence-corrected chi connectivity index (χ1v) is 7.18. The van der Waals surface area contributed by atoms with Crippen molar-refractivity contribution in [2.75, 3.05) is 13.2 Å². The Morgan fingerprint density at radius 2 is 1.86 bits per heavy atom. The van der Waals surface area contributed by atoms with Crippen LogP contribution in [0.1, 0.15) is 21.5 Å². The van der Waals surface area contributed by atoms with Gasteiger partial charge in [-0.3, -0.25) is 4.79 Å². The fourth-order valence-electron chi connectivity index (χ4n) is 1.99. The average molecular weight is 304 g/mol. The summed E-state index contributed by atoms with van der Waals surface area (Å²) in [5.41, 5.74) is 2.89. The van der Waals surface area contributed by atoms with Gasteiger partial charge in [-0.25, -0.2) is 0 Å². The molecule has 0 aliphatic heterocycles. The van der Waals surface area contributed by atoms with Crippen LogP contribution < -0.4 is 10.1 Å². The highest BCUT2D eigenvalue weighted by molar-refractivity contribution is 6.30. The summed E-state index contributed by atoms with van der Waals surface area (Å²) >= 11 is 5.79. The fourth-order valence-corrected chi connectivity index (χ4v) is 2.12. The van der Waals surface area contributed by atoms with Gasteiger partial charge in [0.15, 0.2) is 0 Å². The van der Waals surface area contributed by atoms with Crippen LogP contribution in [0.3, 0.4) is 0 Å². The summed E-state index contributed by atoms with van der Waals surface area (Å²) in [4.78, 5) is 11.9. The molecule has 0 radical (unpaired) electrons. The summed E-state index contributed by atoms with van der Waals surface area (Å²) in [6.45, 7) is 4.94. The number of rotatable bonds is 5. The highest BCUT2D eigenvalue weighted by Gasteiger charge is 2.05. The molecule has 1 amide bonds. The van der Waals surface area contributed by atoms with E-state index in [9.17, 15) is 4.79 Å². The van der Waals surface area contributed by atoms with Crippen LogP contribution in [0.2, 0.25) is 5.02 Å². The van der Waals surface area contributed by atoms with E-state index in [2.05, 4.69) is 11.4 Å². The zero-order valence-corrected chi connectivity index (χ0v) is 12.9. The molecule has 21 heavy (non-hydrogen) atoms. The van der Waals surface area contributed by atoms with Crippen molar-refractivity contribution < 1.29 is 9.53 Å². The van der Waals surface area contributed by atoms with E-state index < -0.39 is 0 Å². The molecule has 0 saturated heterocycles. The molecule has 2 aromatic rings. The van der Waals surface area contributed by atoms with Crippen LogP contribution in [-0.4, -0.2) is 19.1 Å². The number of benzene rings is 2. The summed E-state index contributed by atoms with van der Waals surface area (Å²) < 4.78 is 5.66. The summed E-state index contributed by atoms with van der Waals surface area (Å²) in [5, 5.41) is 3.43. The number of halogens is 1. The average Bonchev–Trinajstić information content (AvgIpc) is 2.46. The smallest absolute Gasteiger partial charge is 0.251 e. The third-order valence-corrected chi connectivity index (χ3v) is 3.33. The van der Waals surface area contributed by atoms with E-state index in [1.54, 1.807) is 24.3 Å². The van der Waals surface area contributed by atoms with Crippen LogP contribution in [-0.2, 0) is 0 Å². The second-order valence-electron chi connectivity index (χ2n) is 4.88. The van der Waals surface area contributed by atoms with Gasteiger partial charge in [0, 0.05) is 10.6 Å². The van der Waals surface area contributed by atoms with Crippen molar-refractivity contribution in [3.63, 3.8) is 0 Å². The third kappa shape index (κ3) is 4.50. The second kappa shape index (κ2) is 7.14. The van der Waals surface area contributed by atoms with Crippen molar-refractivity contribution in [3.8, 4) is 5.75 Å². The molecule has 0 saturated carbocycles. The molecule has 0 unspecified atom stereocenters. The molecule has 1 N–H and O–H groups in total. The summed E-state index contributed by atoms with van der Waals surface area (Å²) in [5.74, 6) is 0.720. The minimum atomic E-state index is -0.129. The van der Waals surface area contributed by atoms with Crippen LogP contribution in [0.15, 0.2) is 42.5 Å². The molecule has 4 heteroatoms. The molecule has 2 aromatic carbocycles. The van der Waals surface area contributed by atoms with Crippen molar-refractivity contribution in [1.29, 1.82) is 0 Å². The van der Waals surface area contributed by atoms with Gasteiger partial charge in [-0.15, -0.1) is 0 Å². The first kappa shape index (κ1) is 15.4. The van der Waals surface area contributed by atoms with Crippen LogP contribution >= 0.6 is 11.6 Å². The number of carbonyl (C=O) groups excluding carboxylic acids is 1. The fraction of sp³-hybridized carbons (Fsp3) is 0.235. The predicted molar refractivity (Wildman–Crippen MR) is 85.2 cm³/mol. The zero-order valence-electron chi connectivity index (χ0n) is 12.2. The number of hydrogen-bond donors (Lipinski definition) is 1. The lowest BCUT2D eigenvalue weighted by atomic mass is 10.1. The van der Waals surface area contributed by atoms with E-state index in [4.69, 9.17) is 16.3 Å². The van der Waals surface area contributed by atoms with Crippen LogP contribution in [0.4, 0.5) is 0 Å². The maximum atomic E-state index is 11.9. The molecule has 2 rings (SSSR count). The van der Waals surface area contributed by atoms with Gasteiger partial charge in [0.1, 0.15) is 12.4 Å². The van der Waals surface area contributed by atoms with Crippen molar-refractivity contribution in [1.82, 2.24) is 5.32 Å². The molecule has 3 nitrogen and oxygen atoms in total. The number of nitrogens with one attached hydrogen (secondary N) is 1. The maximum absolute atomic E-state index is 11.9. The number of aryl methyl sites for hydroxylation is 2. The Labute approximate surface area is 129 Å². The minimum absolute atomic E-state index is 0.129. The first-order valence-electron chi connectivity index (χ1n) is 6.80. The molecule has 0 heterocycles. The Hall–Kier alpha value is -2.00. The molecule has 110 valence electrons. The number of hydrogen-bond acceptors (Lipinski definition) is 2. The molecule has 0 fully saturated rings. The highest BCUT2D eigenvalue weighted by atomic mass is 35.5. The lowest BCUT2D eigenvalue weighted by Gasteiger charge is -2.10. The van der Waals surface area contributed by atoms with Gasteiger partial charge < -0.3 is 10.1 Å². The van der Waals surface area contributed by atoms with Gasteiger partial charge >= 0.3 is 0 Å².